The maximum atomic E-state index is 15.8. The Morgan fingerprint density at radius 1 is 1.23 bits per heavy atom. The minimum Gasteiger partial charge on any atom is -0.465 e. The van der Waals surface area contributed by atoms with Gasteiger partial charge in [-0.25, -0.2) is 14.2 Å². The lowest BCUT2D eigenvalue weighted by Crippen LogP contribution is -2.46. The number of ether oxygens (including phenoxy) is 1. The molecule has 0 saturated carbocycles. The van der Waals surface area contributed by atoms with Gasteiger partial charge in [0.15, 0.2) is 0 Å². The highest BCUT2D eigenvalue weighted by Gasteiger charge is 2.46. The van der Waals surface area contributed by atoms with E-state index in [4.69, 9.17) is 27.9 Å². The molecule has 3 atom stereocenters. The lowest BCUT2D eigenvalue weighted by atomic mass is 9.95. The Morgan fingerprint density at radius 2 is 2.02 bits per heavy atom. The molecule has 7 nitrogen and oxygen atoms in total. The van der Waals surface area contributed by atoms with Crippen LogP contribution >= 0.6 is 23.2 Å². The van der Waals surface area contributed by atoms with E-state index < -0.39 is 17.9 Å². The molecule has 0 bridgehead atoms. The van der Waals surface area contributed by atoms with Crippen LogP contribution in [0.15, 0.2) is 84.5 Å². The fraction of sp³-hybridized carbons (Fsp3) is 0.364. The fourth-order valence-corrected chi connectivity index (χ4v) is 5.81. The maximum absolute atomic E-state index is 15.8. The molecule has 4 rings (SSSR count). The molecule has 1 saturated heterocycles. The summed E-state index contributed by atoms with van der Waals surface area (Å²) in [7, 11) is 1.34. The molecule has 2 heterocycles. The summed E-state index contributed by atoms with van der Waals surface area (Å²) in [6.45, 7) is 9.12. The molecule has 228 valence electrons. The number of amides is 1. The van der Waals surface area contributed by atoms with E-state index in [1.807, 2.05) is 10.6 Å². The fourth-order valence-electron chi connectivity index (χ4n) is 5.55. The number of nitrogens with one attached hydrogen (secondary N) is 1. The van der Waals surface area contributed by atoms with Crippen LogP contribution in [-0.4, -0.2) is 52.1 Å². The zero-order chi connectivity index (χ0) is 31.1. The van der Waals surface area contributed by atoms with Gasteiger partial charge in [-0.3, -0.25) is 9.69 Å². The van der Waals surface area contributed by atoms with E-state index >= 15 is 4.39 Å². The van der Waals surface area contributed by atoms with E-state index in [-0.39, 0.29) is 22.8 Å². The Hall–Kier alpha value is -3.46. The summed E-state index contributed by atoms with van der Waals surface area (Å²) in [6.07, 6.45) is 8.12. The first kappa shape index (κ1) is 32.5. The third-order valence-electron chi connectivity index (χ3n) is 7.69. The Morgan fingerprint density at radius 3 is 2.72 bits per heavy atom. The van der Waals surface area contributed by atoms with Crippen LogP contribution in [0, 0.1) is 11.8 Å². The van der Waals surface area contributed by atoms with Gasteiger partial charge in [0.1, 0.15) is 5.83 Å². The number of fused-ring (bicyclic) bond motifs is 1. The Bertz CT molecular complexity index is 1530. The summed E-state index contributed by atoms with van der Waals surface area (Å²) >= 11 is 12.0. The van der Waals surface area contributed by atoms with Gasteiger partial charge in [0.25, 0.3) is 0 Å². The first-order chi connectivity index (χ1) is 20.6. The minimum atomic E-state index is -0.728. The first-order valence-corrected chi connectivity index (χ1v) is 15.1. The standard InChI is InChI=1S/C33H37Cl2FN4O3/c1-21(2)13-16-40-26(14-15-39-20-37-29-17-23(33(42)43-4)11-12-30(29)39)19-27(28(36)10-5-7-22(3)34)31(40)32(41)38-25-9-6-8-24(35)18-25/h5-12,17-18,20-21,26-27,31H,3,13-16,19H2,1-2,4H3,(H,38,41)/b7-5-,28-10-/t26-,27?,31?/m0/s1. The highest BCUT2D eigenvalue weighted by atomic mass is 35.5. The summed E-state index contributed by atoms with van der Waals surface area (Å²) < 4.78 is 22.7. The summed E-state index contributed by atoms with van der Waals surface area (Å²) in [5.41, 5.74) is 2.55. The summed E-state index contributed by atoms with van der Waals surface area (Å²) in [5.74, 6) is -1.35. The van der Waals surface area contributed by atoms with Gasteiger partial charge < -0.3 is 14.6 Å². The third kappa shape index (κ3) is 8.34. The number of nitrogens with zero attached hydrogens (tertiary/aromatic N) is 3. The lowest BCUT2D eigenvalue weighted by Gasteiger charge is -2.31. The topological polar surface area (TPSA) is 76.5 Å². The largest absolute Gasteiger partial charge is 0.465 e. The van der Waals surface area contributed by atoms with Crippen LogP contribution in [0.2, 0.25) is 5.02 Å². The number of carbonyl (C=O) groups excluding carboxylic acids is 2. The van der Waals surface area contributed by atoms with E-state index in [1.54, 1.807) is 42.7 Å². The molecule has 10 heteroatoms. The maximum Gasteiger partial charge on any atom is 0.337 e. The number of likely N-dealkylation sites (tertiary alicyclic amines) is 1. The van der Waals surface area contributed by atoms with Gasteiger partial charge in [-0.1, -0.05) is 55.8 Å². The second-order valence-corrected chi connectivity index (χ2v) is 12.1. The number of hydrogen-bond donors (Lipinski definition) is 1. The number of hydrogen-bond acceptors (Lipinski definition) is 5. The van der Waals surface area contributed by atoms with E-state index in [1.165, 1.54) is 25.3 Å². The van der Waals surface area contributed by atoms with E-state index in [9.17, 15) is 9.59 Å². The number of halogens is 3. The van der Waals surface area contributed by atoms with Crippen molar-refractivity contribution in [2.45, 2.75) is 51.7 Å². The first-order valence-electron chi connectivity index (χ1n) is 14.3. The molecule has 1 N–H and O–H groups in total. The predicted molar refractivity (Wildman–Crippen MR) is 171 cm³/mol. The highest BCUT2D eigenvalue weighted by molar-refractivity contribution is 6.31. The molecule has 0 radical (unpaired) electrons. The number of carbonyl (C=O) groups is 2. The van der Waals surface area contributed by atoms with Crippen molar-refractivity contribution >= 4 is 51.8 Å². The van der Waals surface area contributed by atoms with Crippen LogP contribution < -0.4 is 5.32 Å². The SMILES string of the molecule is C=C(Cl)/C=C\C=C(/F)C1C[C@H](CCn2cnc3cc(C(=O)OC)ccc32)N(CCC(C)C)C1C(=O)Nc1cccc(Cl)c1. The monoisotopic (exact) mass is 626 g/mol. The third-order valence-corrected chi connectivity index (χ3v) is 8.05. The van der Waals surface area contributed by atoms with Crippen molar-refractivity contribution in [2.24, 2.45) is 11.8 Å². The van der Waals surface area contributed by atoms with E-state index in [2.05, 4.69) is 35.6 Å². The van der Waals surface area contributed by atoms with Gasteiger partial charge in [-0.2, -0.15) is 0 Å². The molecule has 1 fully saturated rings. The van der Waals surface area contributed by atoms with Crippen LogP contribution in [-0.2, 0) is 16.1 Å². The van der Waals surface area contributed by atoms with Crippen LogP contribution in [0.25, 0.3) is 11.0 Å². The number of anilines is 1. The van der Waals surface area contributed by atoms with Gasteiger partial charge in [0, 0.05) is 34.2 Å². The average molecular weight is 628 g/mol. The van der Waals surface area contributed by atoms with Crippen molar-refractivity contribution in [1.82, 2.24) is 14.5 Å². The second-order valence-electron chi connectivity index (χ2n) is 11.1. The molecule has 0 aliphatic carbocycles. The second kappa shape index (κ2) is 14.8. The summed E-state index contributed by atoms with van der Waals surface area (Å²) in [6, 6.07) is 11.4. The quantitative estimate of drug-likeness (QED) is 0.164. The van der Waals surface area contributed by atoms with Crippen molar-refractivity contribution in [3.05, 3.63) is 95.0 Å². The number of esters is 1. The number of benzene rings is 2. The lowest BCUT2D eigenvalue weighted by molar-refractivity contribution is -0.121. The Labute approximate surface area is 262 Å². The van der Waals surface area contributed by atoms with E-state index in [0.717, 1.165) is 11.9 Å². The van der Waals surface area contributed by atoms with Crippen molar-refractivity contribution in [3.8, 4) is 0 Å². The zero-order valence-electron chi connectivity index (χ0n) is 24.6. The number of allylic oxidation sites excluding steroid dienone is 4. The number of aromatic nitrogens is 2. The van der Waals surface area contributed by atoms with Gasteiger partial charge in [-0.15, -0.1) is 0 Å². The predicted octanol–water partition coefficient (Wildman–Crippen LogP) is 7.77. The molecular weight excluding hydrogens is 590 g/mol. The molecule has 0 spiro atoms. The number of imidazole rings is 1. The smallest absolute Gasteiger partial charge is 0.337 e. The number of aryl methyl sites for hydroxylation is 1. The Kier molecular flexibility index (Phi) is 11.2. The van der Waals surface area contributed by atoms with Crippen LogP contribution in [0.5, 0.6) is 0 Å². The molecule has 1 aliphatic rings. The normalized spacial score (nSPS) is 19.4. The van der Waals surface area contributed by atoms with Crippen molar-refractivity contribution < 1.29 is 18.7 Å². The van der Waals surface area contributed by atoms with Gasteiger partial charge in [-0.05, 0) is 80.3 Å². The minimum absolute atomic E-state index is 0.0724. The molecule has 3 aromatic rings. The van der Waals surface area contributed by atoms with Crippen molar-refractivity contribution in [3.63, 3.8) is 0 Å². The Balaban J connectivity index is 1.63. The van der Waals surface area contributed by atoms with Crippen LogP contribution in [0.1, 0.15) is 43.5 Å². The summed E-state index contributed by atoms with van der Waals surface area (Å²) in [5, 5.41) is 3.75. The molecular formula is C33H37Cl2FN4O3. The molecule has 43 heavy (non-hydrogen) atoms. The molecule has 1 amide bonds. The van der Waals surface area contributed by atoms with Crippen LogP contribution in [0.4, 0.5) is 10.1 Å². The van der Waals surface area contributed by atoms with Crippen LogP contribution in [0.3, 0.4) is 0 Å². The molecule has 1 aromatic heterocycles. The molecule has 2 aromatic carbocycles. The molecule has 1 aliphatic heterocycles. The molecule has 2 unspecified atom stereocenters. The van der Waals surface area contributed by atoms with E-state index in [0.29, 0.717) is 53.6 Å². The average Bonchev–Trinajstić information content (AvgIpc) is 3.55. The number of rotatable bonds is 12. The summed E-state index contributed by atoms with van der Waals surface area (Å²) in [4.78, 5) is 32.4. The van der Waals surface area contributed by atoms with Crippen molar-refractivity contribution in [1.29, 1.82) is 0 Å². The van der Waals surface area contributed by atoms with Gasteiger partial charge in [0.2, 0.25) is 5.91 Å². The number of methoxy groups -OCH3 is 1. The zero-order valence-corrected chi connectivity index (χ0v) is 26.1. The highest BCUT2D eigenvalue weighted by Crippen LogP contribution is 2.38. The van der Waals surface area contributed by atoms with Crippen molar-refractivity contribution in [2.75, 3.05) is 19.0 Å². The van der Waals surface area contributed by atoms with Gasteiger partial charge in [0.05, 0.1) is 36.1 Å². The van der Waals surface area contributed by atoms with Gasteiger partial charge >= 0.3 is 5.97 Å².